The zero-order valence-electron chi connectivity index (χ0n) is 12.7. The lowest BCUT2D eigenvalue weighted by Crippen LogP contribution is -2.26. The summed E-state index contributed by atoms with van der Waals surface area (Å²) in [7, 11) is 0. The van der Waals surface area contributed by atoms with Crippen LogP contribution in [0.4, 0.5) is 0 Å². The first-order chi connectivity index (χ1) is 9.56. The summed E-state index contributed by atoms with van der Waals surface area (Å²) in [6, 6.07) is 0. The summed E-state index contributed by atoms with van der Waals surface area (Å²) in [4.78, 5) is 2.42. The summed E-state index contributed by atoms with van der Waals surface area (Å²) in [6.07, 6.45) is 4.08. The molecule has 20 heavy (non-hydrogen) atoms. The Morgan fingerprint density at radius 3 is 2.65 bits per heavy atom. The summed E-state index contributed by atoms with van der Waals surface area (Å²) in [5.41, 5.74) is 1.26. The molecule has 0 fully saturated rings. The molecule has 0 radical (unpaired) electrons. The average molecular weight is 293 g/mol. The second kappa shape index (κ2) is 6.95. The normalized spacial score (nSPS) is 11.7. The molecule has 2 aromatic heterocycles. The summed E-state index contributed by atoms with van der Waals surface area (Å²) < 4.78 is 1.97. The van der Waals surface area contributed by atoms with Crippen molar-refractivity contribution < 1.29 is 0 Å². The van der Waals surface area contributed by atoms with Crippen molar-refractivity contribution in [2.75, 3.05) is 6.54 Å². The monoisotopic (exact) mass is 293 g/mol. The van der Waals surface area contributed by atoms with Crippen LogP contribution in [0, 0.1) is 12.8 Å². The molecule has 0 N–H and O–H groups in total. The maximum atomic E-state index is 4.34. The topological polar surface area (TPSA) is 46.8 Å². The van der Waals surface area contributed by atoms with Crippen molar-refractivity contribution in [3.8, 4) is 0 Å². The quantitative estimate of drug-likeness (QED) is 0.787. The lowest BCUT2D eigenvalue weighted by molar-refractivity contribution is 0.227. The van der Waals surface area contributed by atoms with E-state index in [1.165, 1.54) is 5.56 Å². The van der Waals surface area contributed by atoms with E-state index in [4.69, 9.17) is 0 Å². The molecule has 2 rings (SSSR count). The SMILES string of the molecule is CCn1cc(CN(Cc2nnc(C)s2)CC(C)C)cn1. The van der Waals surface area contributed by atoms with Crippen molar-refractivity contribution in [2.45, 2.75) is 47.3 Å². The van der Waals surface area contributed by atoms with Gasteiger partial charge < -0.3 is 0 Å². The van der Waals surface area contributed by atoms with Crippen LogP contribution in [0.2, 0.25) is 0 Å². The van der Waals surface area contributed by atoms with Gasteiger partial charge in [0.1, 0.15) is 10.0 Å². The lowest BCUT2D eigenvalue weighted by atomic mass is 10.2. The Bertz CT molecular complexity index is 531. The smallest absolute Gasteiger partial charge is 0.131 e. The maximum absolute atomic E-state index is 4.34. The van der Waals surface area contributed by atoms with Gasteiger partial charge in [-0.25, -0.2) is 0 Å². The van der Waals surface area contributed by atoms with Crippen molar-refractivity contribution in [1.82, 2.24) is 24.9 Å². The van der Waals surface area contributed by atoms with Gasteiger partial charge in [-0.05, 0) is 19.8 Å². The number of nitrogens with zero attached hydrogens (tertiary/aromatic N) is 5. The molecule has 0 bridgehead atoms. The fourth-order valence-corrected chi connectivity index (χ4v) is 2.96. The molecule has 2 heterocycles. The first kappa shape index (κ1) is 15.1. The number of hydrogen-bond donors (Lipinski definition) is 0. The molecule has 0 aliphatic heterocycles. The van der Waals surface area contributed by atoms with Gasteiger partial charge in [-0.1, -0.05) is 13.8 Å². The van der Waals surface area contributed by atoms with Crippen LogP contribution in [0.5, 0.6) is 0 Å². The third-order valence-electron chi connectivity index (χ3n) is 2.97. The van der Waals surface area contributed by atoms with Gasteiger partial charge >= 0.3 is 0 Å². The number of aromatic nitrogens is 4. The van der Waals surface area contributed by atoms with E-state index in [-0.39, 0.29) is 0 Å². The minimum Gasteiger partial charge on any atom is -0.292 e. The first-order valence-electron chi connectivity index (χ1n) is 7.09. The molecule has 0 atom stereocenters. The zero-order valence-corrected chi connectivity index (χ0v) is 13.5. The molecule has 110 valence electrons. The maximum Gasteiger partial charge on any atom is 0.131 e. The van der Waals surface area contributed by atoms with Gasteiger partial charge in [0.25, 0.3) is 0 Å². The summed E-state index contributed by atoms with van der Waals surface area (Å²) in [5, 5.41) is 14.8. The summed E-state index contributed by atoms with van der Waals surface area (Å²) in [6.45, 7) is 12.3. The highest BCUT2D eigenvalue weighted by Crippen LogP contribution is 2.15. The minimum atomic E-state index is 0.630. The molecule has 2 aromatic rings. The highest BCUT2D eigenvalue weighted by Gasteiger charge is 2.12. The lowest BCUT2D eigenvalue weighted by Gasteiger charge is -2.22. The van der Waals surface area contributed by atoms with Gasteiger partial charge in [0.15, 0.2) is 0 Å². The van der Waals surface area contributed by atoms with Gasteiger partial charge in [0, 0.05) is 31.4 Å². The number of hydrogen-bond acceptors (Lipinski definition) is 5. The third-order valence-corrected chi connectivity index (χ3v) is 3.79. The highest BCUT2D eigenvalue weighted by atomic mass is 32.1. The summed E-state index contributed by atoms with van der Waals surface area (Å²) >= 11 is 1.68. The fourth-order valence-electron chi connectivity index (χ4n) is 2.21. The second-order valence-corrected chi connectivity index (χ2v) is 6.75. The predicted octanol–water partition coefficient (Wildman–Crippen LogP) is 2.72. The predicted molar refractivity (Wildman–Crippen MR) is 81.5 cm³/mol. The molecule has 0 saturated carbocycles. The van der Waals surface area contributed by atoms with Crippen LogP contribution in [0.25, 0.3) is 0 Å². The van der Waals surface area contributed by atoms with E-state index in [2.05, 4.69) is 47.2 Å². The van der Waals surface area contributed by atoms with Crippen LogP contribution < -0.4 is 0 Å². The first-order valence-corrected chi connectivity index (χ1v) is 7.91. The van der Waals surface area contributed by atoms with Crippen molar-refractivity contribution in [3.05, 3.63) is 28.0 Å². The third kappa shape index (κ3) is 4.38. The van der Waals surface area contributed by atoms with Crippen LogP contribution in [-0.4, -0.2) is 31.4 Å². The van der Waals surface area contributed by atoms with Crippen LogP contribution in [0.1, 0.15) is 36.3 Å². The zero-order chi connectivity index (χ0) is 14.5. The Kier molecular flexibility index (Phi) is 5.25. The van der Waals surface area contributed by atoms with Crippen LogP contribution in [0.3, 0.4) is 0 Å². The van der Waals surface area contributed by atoms with Gasteiger partial charge in [-0.2, -0.15) is 5.10 Å². The molecule has 5 nitrogen and oxygen atoms in total. The van der Waals surface area contributed by atoms with Crippen LogP contribution >= 0.6 is 11.3 Å². The Hall–Kier alpha value is -1.27. The van der Waals surface area contributed by atoms with Crippen molar-refractivity contribution in [1.29, 1.82) is 0 Å². The van der Waals surface area contributed by atoms with E-state index in [0.717, 1.165) is 36.2 Å². The summed E-state index contributed by atoms with van der Waals surface area (Å²) in [5.74, 6) is 0.630. The minimum absolute atomic E-state index is 0.630. The largest absolute Gasteiger partial charge is 0.292 e. The molecule has 0 aliphatic rings. The van der Waals surface area contributed by atoms with Crippen LogP contribution in [-0.2, 0) is 19.6 Å². The molecule has 0 unspecified atom stereocenters. The van der Waals surface area contributed by atoms with E-state index in [1.807, 2.05) is 17.8 Å². The molecule has 0 aliphatic carbocycles. The molecule has 0 saturated heterocycles. The van der Waals surface area contributed by atoms with Crippen LogP contribution in [0.15, 0.2) is 12.4 Å². The van der Waals surface area contributed by atoms with Crippen molar-refractivity contribution in [2.24, 2.45) is 5.92 Å². The Balaban J connectivity index is 2.02. The molecule has 0 aromatic carbocycles. The van der Waals surface area contributed by atoms with E-state index < -0.39 is 0 Å². The van der Waals surface area contributed by atoms with Gasteiger partial charge in [-0.15, -0.1) is 21.5 Å². The Morgan fingerprint density at radius 1 is 1.30 bits per heavy atom. The standard InChI is InChI=1S/C14H23N5S/c1-5-19-9-13(6-15-19)8-18(7-11(2)3)10-14-17-16-12(4)20-14/h6,9,11H,5,7-8,10H2,1-4H3. The van der Waals surface area contributed by atoms with Gasteiger partial charge in [0.05, 0.1) is 12.7 Å². The Labute approximate surface area is 124 Å². The number of rotatable bonds is 7. The van der Waals surface area contributed by atoms with Crippen molar-refractivity contribution in [3.63, 3.8) is 0 Å². The molecule has 0 amide bonds. The molecular formula is C14H23N5S. The average Bonchev–Trinajstić information content (AvgIpc) is 2.98. The van der Waals surface area contributed by atoms with E-state index in [0.29, 0.717) is 5.92 Å². The number of aryl methyl sites for hydroxylation is 2. The van der Waals surface area contributed by atoms with E-state index >= 15 is 0 Å². The molecule has 0 spiro atoms. The van der Waals surface area contributed by atoms with E-state index in [9.17, 15) is 0 Å². The molecule has 6 heteroatoms. The van der Waals surface area contributed by atoms with E-state index in [1.54, 1.807) is 11.3 Å². The molecular weight excluding hydrogens is 270 g/mol. The van der Waals surface area contributed by atoms with Gasteiger partial charge in [0.2, 0.25) is 0 Å². The van der Waals surface area contributed by atoms with Gasteiger partial charge in [-0.3, -0.25) is 9.58 Å². The van der Waals surface area contributed by atoms with Crippen molar-refractivity contribution >= 4 is 11.3 Å². The fraction of sp³-hybridized carbons (Fsp3) is 0.643. The second-order valence-electron chi connectivity index (χ2n) is 5.48. The highest BCUT2D eigenvalue weighted by molar-refractivity contribution is 7.11. The Morgan fingerprint density at radius 2 is 2.10 bits per heavy atom.